The van der Waals surface area contributed by atoms with Crippen LogP contribution in [0.2, 0.25) is 0 Å². The van der Waals surface area contributed by atoms with Crippen LogP contribution in [0.25, 0.3) is 0 Å². The standard InChI is InChI=1S/C19H21BrN2O3/c1-13-11-15(20)9-10-16(13)21-17(23)12-25-22-18(24)19(2,3)14-7-5-4-6-8-14/h4-11H,12H2,1-3H3,(H,21,23)(H,22,24). The number of benzene rings is 2. The highest BCUT2D eigenvalue weighted by Gasteiger charge is 2.29. The number of carbonyl (C=O) groups is 2. The quantitative estimate of drug-likeness (QED) is 0.720. The molecule has 2 N–H and O–H groups in total. The molecule has 5 nitrogen and oxygen atoms in total. The molecule has 0 saturated heterocycles. The van der Waals surface area contributed by atoms with E-state index in [0.29, 0.717) is 5.69 Å². The molecule has 132 valence electrons. The number of amides is 2. The first-order chi connectivity index (χ1) is 11.8. The molecule has 2 aromatic rings. The first-order valence-corrected chi connectivity index (χ1v) is 8.64. The number of nitrogens with one attached hydrogen (secondary N) is 2. The van der Waals surface area contributed by atoms with Crippen molar-refractivity contribution in [1.82, 2.24) is 5.48 Å². The number of hydroxylamine groups is 1. The molecule has 2 amide bonds. The molecule has 0 radical (unpaired) electrons. The van der Waals surface area contributed by atoms with Crippen LogP contribution in [-0.2, 0) is 19.8 Å². The van der Waals surface area contributed by atoms with Crippen molar-refractivity contribution < 1.29 is 14.4 Å². The molecule has 0 aliphatic carbocycles. The summed E-state index contributed by atoms with van der Waals surface area (Å²) in [5.74, 6) is -0.658. The Kier molecular flexibility index (Phi) is 6.33. The number of hydrogen-bond acceptors (Lipinski definition) is 3. The van der Waals surface area contributed by atoms with Gasteiger partial charge >= 0.3 is 0 Å². The largest absolute Gasteiger partial charge is 0.324 e. The van der Waals surface area contributed by atoms with Gasteiger partial charge in [-0.3, -0.25) is 14.4 Å². The minimum atomic E-state index is -0.764. The van der Waals surface area contributed by atoms with Gasteiger partial charge in [0.2, 0.25) is 0 Å². The summed E-state index contributed by atoms with van der Waals surface area (Å²) in [6.45, 7) is 5.22. The van der Waals surface area contributed by atoms with E-state index in [4.69, 9.17) is 4.84 Å². The third-order valence-corrected chi connectivity index (χ3v) is 4.39. The van der Waals surface area contributed by atoms with Crippen LogP contribution in [0.4, 0.5) is 5.69 Å². The number of carbonyl (C=O) groups excluding carboxylic acids is 2. The van der Waals surface area contributed by atoms with Gasteiger partial charge in [0.05, 0.1) is 5.41 Å². The highest BCUT2D eigenvalue weighted by atomic mass is 79.9. The fourth-order valence-electron chi connectivity index (χ4n) is 2.23. The Morgan fingerprint density at radius 2 is 1.80 bits per heavy atom. The Hall–Kier alpha value is -2.18. The molecule has 0 aliphatic rings. The molecule has 0 atom stereocenters. The molecule has 0 bridgehead atoms. The van der Waals surface area contributed by atoms with Crippen LogP contribution in [-0.4, -0.2) is 18.4 Å². The highest BCUT2D eigenvalue weighted by Crippen LogP contribution is 2.23. The summed E-state index contributed by atoms with van der Waals surface area (Å²) in [6.07, 6.45) is 0. The fraction of sp³-hybridized carbons (Fsp3) is 0.263. The molecule has 0 unspecified atom stereocenters. The van der Waals surface area contributed by atoms with E-state index in [-0.39, 0.29) is 18.4 Å². The van der Waals surface area contributed by atoms with Gasteiger partial charge in [-0.25, -0.2) is 5.48 Å². The molecule has 2 rings (SSSR count). The lowest BCUT2D eigenvalue weighted by Crippen LogP contribution is -2.41. The first-order valence-electron chi connectivity index (χ1n) is 7.84. The van der Waals surface area contributed by atoms with Crippen LogP contribution in [0.1, 0.15) is 25.0 Å². The summed E-state index contributed by atoms with van der Waals surface area (Å²) in [5, 5.41) is 2.75. The predicted octanol–water partition coefficient (Wildman–Crippen LogP) is 3.72. The zero-order valence-corrected chi connectivity index (χ0v) is 16.0. The number of anilines is 1. The highest BCUT2D eigenvalue weighted by molar-refractivity contribution is 9.10. The number of aryl methyl sites for hydroxylation is 1. The number of hydrogen-bond donors (Lipinski definition) is 2. The van der Waals surface area contributed by atoms with Gasteiger partial charge in [0.1, 0.15) is 0 Å². The summed E-state index contributed by atoms with van der Waals surface area (Å²) in [4.78, 5) is 29.4. The van der Waals surface area contributed by atoms with Crippen molar-refractivity contribution in [3.05, 3.63) is 64.1 Å². The zero-order valence-electron chi connectivity index (χ0n) is 14.4. The maximum atomic E-state index is 12.3. The molecular formula is C19H21BrN2O3. The van der Waals surface area contributed by atoms with E-state index in [1.165, 1.54) is 0 Å². The van der Waals surface area contributed by atoms with Crippen LogP contribution in [0.15, 0.2) is 53.0 Å². The van der Waals surface area contributed by atoms with Gasteiger partial charge in [-0.2, -0.15) is 0 Å². The van der Waals surface area contributed by atoms with Gasteiger partial charge in [0.25, 0.3) is 11.8 Å². The molecule has 2 aromatic carbocycles. The predicted molar refractivity (Wildman–Crippen MR) is 101 cm³/mol. The molecule has 0 spiro atoms. The minimum absolute atomic E-state index is 0.272. The van der Waals surface area contributed by atoms with Gasteiger partial charge in [0.15, 0.2) is 6.61 Å². The van der Waals surface area contributed by atoms with Crippen molar-refractivity contribution in [2.24, 2.45) is 0 Å². The van der Waals surface area contributed by atoms with Gasteiger partial charge in [-0.15, -0.1) is 0 Å². The van der Waals surface area contributed by atoms with Crippen LogP contribution in [0.5, 0.6) is 0 Å². The lowest BCUT2D eigenvalue weighted by Gasteiger charge is -2.23. The normalized spacial score (nSPS) is 11.0. The zero-order chi connectivity index (χ0) is 18.4. The van der Waals surface area contributed by atoms with E-state index >= 15 is 0 Å². The molecule has 25 heavy (non-hydrogen) atoms. The molecule has 0 aromatic heterocycles. The number of rotatable bonds is 6. The van der Waals surface area contributed by atoms with Crippen molar-refractivity contribution in [2.45, 2.75) is 26.2 Å². The van der Waals surface area contributed by atoms with Gasteiger partial charge in [-0.1, -0.05) is 46.3 Å². The Balaban J connectivity index is 1.85. The third-order valence-electron chi connectivity index (χ3n) is 3.89. The Morgan fingerprint density at radius 3 is 2.44 bits per heavy atom. The van der Waals surface area contributed by atoms with Crippen molar-refractivity contribution in [1.29, 1.82) is 0 Å². The van der Waals surface area contributed by atoms with Crippen LogP contribution in [0, 0.1) is 6.92 Å². The Labute approximate surface area is 155 Å². The van der Waals surface area contributed by atoms with E-state index in [0.717, 1.165) is 15.6 Å². The minimum Gasteiger partial charge on any atom is -0.324 e. The van der Waals surface area contributed by atoms with Crippen LogP contribution in [0.3, 0.4) is 0 Å². The Morgan fingerprint density at radius 1 is 1.12 bits per heavy atom. The van der Waals surface area contributed by atoms with Gasteiger partial charge in [0, 0.05) is 10.2 Å². The molecule has 6 heteroatoms. The molecular weight excluding hydrogens is 384 g/mol. The van der Waals surface area contributed by atoms with E-state index in [1.54, 1.807) is 19.9 Å². The van der Waals surface area contributed by atoms with Crippen molar-refractivity contribution in [3.63, 3.8) is 0 Å². The summed E-state index contributed by atoms with van der Waals surface area (Å²) >= 11 is 3.37. The van der Waals surface area contributed by atoms with E-state index < -0.39 is 5.41 Å². The van der Waals surface area contributed by atoms with Crippen LogP contribution >= 0.6 is 15.9 Å². The van der Waals surface area contributed by atoms with Gasteiger partial charge in [-0.05, 0) is 50.1 Å². The average molecular weight is 405 g/mol. The van der Waals surface area contributed by atoms with E-state index in [1.807, 2.05) is 49.4 Å². The SMILES string of the molecule is Cc1cc(Br)ccc1NC(=O)CONC(=O)C(C)(C)c1ccccc1. The maximum absolute atomic E-state index is 12.3. The smallest absolute Gasteiger partial charge is 0.253 e. The molecule has 0 saturated carbocycles. The molecule has 0 fully saturated rings. The number of halogens is 1. The fourth-order valence-corrected chi connectivity index (χ4v) is 2.71. The second-order valence-electron chi connectivity index (χ2n) is 6.22. The lowest BCUT2D eigenvalue weighted by atomic mass is 9.84. The average Bonchev–Trinajstić information content (AvgIpc) is 2.58. The molecule has 0 heterocycles. The van der Waals surface area contributed by atoms with Crippen molar-refractivity contribution in [2.75, 3.05) is 11.9 Å². The third kappa shape index (κ3) is 5.14. The summed E-state index contributed by atoms with van der Waals surface area (Å²) in [6, 6.07) is 14.9. The van der Waals surface area contributed by atoms with Crippen molar-refractivity contribution >= 4 is 33.4 Å². The summed E-state index contributed by atoms with van der Waals surface area (Å²) < 4.78 is 0.939. The second-order valence-corrected chi connectivity index (χ2v) is 7.13. The van der Waals surface area contributed by atoms with Crippen LogP contribution < -0.4 is 10.8 Å². The first kappa shape index (κ1) is 19.1. The van der Waals surface area contributed by atoms with Crippen molar-refractivity contribution in [3.8, 4) is 0 Å². The van der Waals surface area contributed by atoms with Gasteiger partial charge < -0.3 is 5.32 Å². The summed E-state index contributed by atoms with van der Waals surface area (Å²) in [7, 11) is 0. The van der Waals surface area contributed by atoms with E-state index in [2.05, 4.69) is 26.7 Å². The Bertz CT molecular complexity index is 761. The second kappa shape index (κ2) is 8.27. The summed E-state index contributed by atoms with van der Waals surface area (Å²) in [5.41, 5.74) is 4.09. The lowest BCUT2D eigenvalue weighted by molar-refractivity contribution is -0.141. The maximum Gasteiger partial charge on any atom is 0.253 e. The van der Waals surface area contributed by atoms with E-state index in [9.17, 15) is 9.59 Å². The monoisotopic (exact) mass is 404 g/mol. The molecule has 0 aliphatic heterocycles. The topological polar surface area (TPSA) is 67.4 Å².